The molecule has 7 nitrogen and oxygen atoms in total. The fraction of sp³-hybridized carbons (Fsp3) is 0.333. The monoisotopic (exact) mass is 405 g/mol. The van der Waals surface area contributed by atoms with Gasteiger partial charge in [0.15, 0.2) is 0 Å². The van der Waals surface area contributed by atoms with Crippen LogP contribution in [0.15, 0.2) is 35.1 Å². The summed E-state index contributed by atoms with van der Waals surface area (Å²) >= 11 is 12.1. The van der Waals surface area contributed by atoms with Crippen LogP contribution in [0.3, 0.4) is 0 Å². The van der Waals surface area contributed by atoms with Gasteiger partial charge in [-0.05, 0) is 38.1 Å². The van der Waals surface area contributed by atoms with Crippen LogP contribution in [0.1, 0.15) is 24.0 Å². The number of nitrogens with two attached hydrogens (primary N) is 2. The van der Waals surface area contributed by atoms with E-state index in [1.54, 1.807) is 12.4 Å². The molecule has 0 unspecified atom stereocenters. The van der Waals surface area contributed by atoms with Gasteiger partial charge in [-0.25, -0.2) is 15.8 Å². The standard InChI is InChI=1S/C18H21Cl2N7/c19-14-2-1-12(17(20)25-14)9-26-7-4-11(5-8-26)15(21)16-13-3-6-23-18(13)24-10-27(16)22/h1-3,6,10-11,23H,4-5,7-9,21-22H2/b16-15-. The van der Waals surface area contributed by atoms with Crippen molar-refractivity contribution in [1.82, 2.24) is 19.9 Å². The summed E-state index contributed by atoms with van der Waals surface area (Å²) < 4.78 is 0. The Morgan fingerprint density at radius 3 is 2.74 bits per heavy atom. The minimum atomic E-state index is 0.273. The van der Waals surface area contributed by atoms with Crippen molar-refractivity contribution in [2.24, 2.45) is 22.5 Å². The first-order valence-electron chi connectivity index (χ1n) is 8.81. The van der Waals surface area contributed by atoms with E-state index >= 15 is 0 Å². The number of aromatic nitrogens is 2. The molecule has 2 aromatic rings. The third kappa shape index (κ3) is 3.68. The number of hydrazine groups is 1. The zero-order valence-corrected chi connectivity index (χ0v) is 16.2. The van der Waals surface area contributed by atoms with Crippen molar-refractivity contribution in [1.29, 1.82) is 0 Å². The number of halogens is 2. The Morgan fingerprint density at radius 1 is 1.22 bits per heavy atom. The average molecular weight is 406 g/mol. The maximum absolute atomic E-state index is 6.54. The second kappa shape index (κ2) is 7.52. The molecule has 4 rings (SSSR count). The summed E-state index contributed by atoms with van der Waals surface area (Å²) in [7, 11) is 0. The SMILES string of the molecule is N/C(=C1/c2cc[nH]c2N=CN1N)C1CCN(Cc2ccc(Cl)nc2Cl)CC1. The van der Waals surface area contributed by atoms with Gasteiger partial charge in [-0.2, -0.15) is 0 Å². The van der Waals surface area contributed by atoms with Crippen LogP contribution in [0.25, 0.3) is 5.70 Å². The van der Waals surface area contributed by atoms with Crippen LogP contribution in [-0.2, 0) is 6.54 Å². The van der Waals surface area contributed by atoms with Crippen LogP contribution in [0.2, 0.25) is 10.3 Å². The molecular formula is C18H21Cl2N7. The molecule has 0 saturated carbocycles. The molecule has 0 amide bonds. The Kier molecular flexibility index (Phi) is 5.10. The molecule has 1 saturated heterocycles. The largest absolute Gasteiger partial charge is 0.400 e. The van der Waals surface area contributed by atoms with E-state index in [9.17, 15) is 0 Å². The van der Waals surface area contributed by atoms with E-state index in [4.69, 9.17) is 34.8 Å². The van der Waals surface area contributed by atoms with Crippen LogP contribution >= 0.6 is 23.2 Å². The number of allylic oxidation sites excluding steroid dienone is 1. The Hall–Kier alpha value is -2.06. The van der Waals surface area contributed by atoms with Gasteiger partial charge >= 0.3 is 0 Å². The van der Waals surface area contributed by atoms with E-state index in [2.05, 4.69) is 19.9 Å². The first-order chi connectivity index (χ1) is 13.0. The molecule has 0 atom stereocenters. The summed E-state index contributed by atoms with van der Waals surface area (Å²) in [5, 5.41) is 2.39. The number of pyridine rings is 1. The molecule has 9 heteroatoms. The number of H-pyrrole nitrogens is 1. The Bertz CT molecular complexity index is 897. The number of fused-ring (bicyclic) bond motifs is 1. The summed E-state index contributed by atoms with van der Waals surface area (Å²) in [6.07, 6.45) is 5.35. The number of piperidine rings is 1. The van der Waals surface area contributed by atoms with E-state index < -0.39 is 0 Å². The Balaban J connectivity index is 1.45. The van der Waals surface area contributed by atoms with E-state index in [-0.39, 0.29) is 5.92 Å². The zero-order chi connectivity index (χ0) is 19.0. The maximum Gasteiger partial charge on any atom is 0.141 e. The molecule has 0 aromatic carbocycles. The second-order valence-electron chi connectivity index (χ2n) is 6.83. The Labute approximate surface area is 167 Å². The summed E-state index contributed by atoms with van der Waals surface area (Å²) in [5.41, 5.74) is 10.1. The zero-order valence-electron chi connectivity index (χ0n) is 14.7. The van der Waals surface area contributed by atoms with Gasteiger partial charge in [0.05, 0.1) is 5.70 Å². The van der Waals surface area contributed by atoms with Crippen molar-refractivity contribution >= 4 is 41.1 Å². The molecule has 27 heavy (non-hydrogen) atoms. The predicted octanol–water partition coefficient (Wildman–Crippen LogP) is 3.11. The van der Waals surface area contributed by atoms with Crippen LogP contribution < -0.4 is 11.6 Å². The fourth-order valence-corrected chi connectivity index (χ4v) is 4.08. The van der Waals surface area contributed by atoms with E-state index in [1.807, 2.05) is 18.3 Å². The molecule has 2 aliphatic heterocycles. The minimum Gasteiger partial charge on any atom is -0.400 e. The van der Waals surface area contributed by atoms with Crippen molar-refractivity contribution in [2.45, 2.75) is 19.4 Å². The van der Waals surface area contributed by atoms with Gasteiger partial charge in [0.2, 0.25) is 0 Å². The molecule has 2 aliphatic rings. The van der Waals surface area contributed by atoms with Crippen molar-refractivity contribution in [3.8, 4) is 0 Å². The molecule has 2 aromatic heterocycles. The third-order valence-corrected chi connectivity index (χ3v) is 5.67. The first kappa shape index (κ1) is 18.3. The summed E-state index contributed by atoms with van der Waals surface area (Å²) in [5.74, 6) is 7.17. The van der Waals surface area contributed by atoms with Gasteiger partial charge in [0, 0.05) is 35.5 Å². The molecule has 5 N–H and O–H groups in total. The maximum atomic E-state index is 6.54. The summed E-state index contributed by atoms with van der Waals surface area (Å²) in [6, 6.07) is 5.66. The normalized spacial score (nSPS) is 20.0. The van der Waals surface area contributed by atoms with Gasteiger partial charge in [-0.15, -0.1) is 0 Å². The third-order valence-electron chi connectivity index (χ3n) is 5.14. The second-order valence-corrected chi connectivity index (χ2v) is 7.58. The lowest BCUT2D eigenvalue weighted by molar-refractivity contribution is 0.190. The van der Waals surface area contributed by atoms with Crippen molar-refractivity contribution < 1.29 is 0 Å². The number of hydrogen-bond acceptors (Lipinski definition) is 6. The number of aromatic amines is 1. The highest BCUT2D eigenvalue weighted by Crippen LogP contribution is 2.35. The summed E-state index contributed by atoms with van der Waals surface area (Å²) in [6.45, 7) is 2.61. The highest BCUT2D eigenvalue weighted by atomic mass is 35.5. The lowest BCUT2D eigenvalue weighted by Crippen LogP contribution is -2.38. The molecule has 1 fully saturated rings. The van der Waals surface area contributed by atoms with E-state index in [0.717, 1.165) is 60.8 Å². The number of hydrogen-bond donors (Lipinski definition) is 3. The molecule has 0 spiro atoms. The van der Waals surface area contributed by atoms with E-state index in [1.165, 1.54) is 5.01 Å². The van der Waals surface area contributed by atoms with Gasteiger partial charge in [-0.3, -0.25) is 9.91 Å². The number of nitrogens with zero attached hydrogens (tertiary/aromatic N) is 4. The van der Waals surface area contributed by atoms with E-state index in [0.29, 0.717) is 10.3 Å². The molecular weight excluding hydrogens is 385 g/mol. The van der Waals surface area contributed by atoms with Crippen LogP contribution in [0.4, 0.5) is 5.82 Å². The topological polar surface area (TPSA) is 99.6 Å². The molecule has 4 heterocycles. The van der Waals surface area contributed by atoms with Gasteiger partial charge < -0.3 is 10.7 Å². The van der Waals surface area contributed by atoms with Crippen molar-refractivity contribution in [2.75, 3.05) is 13.1 Å². The number of nitrogens with one attached hydrogen (secondary N) is 1. The van der Waals surface area contributed by atoms with Crippen LogP contribution in [-0.4, -0.2) is 39.3 Å². The molecule has 0 bridgehead atoms. The van der Waals surface area contributed by atoms with Gasteiger partial charge in [0.1, 0.15) is 22.5 Å². The highest BCUT2D eigenvalue weighted by molar-refractivity contribution is 6.32. The molecule has 0 radical (unpaired) electrons. The first-order valence-corrected chi connectivity index (χ1v) is 9.57. The highest BCUT2D eigenvalue weighted by Gasteiger charge is 2.27. The van der Waals surface area contributed by atoms with Crippen LogP contribution in [0.5, 0.6) is 0 Å². The molecule has 0 aliphatic carbocycles. The molecule has 142 valence electrons. The van der Waals surface area contributed by atoms with Gasteiger partial charge in [-0.1, -0.05) is 29.3 Å². The number of rotatable bonds is 3. The van der Waals surface area contributed by atoms with Crippen molar-refractivity contribution in [3.63, 3.8) is 0 Å². The lowest BCUT2D eigenvalue weighted by atomic mass is 9.91. The summed E-state index contributed by atoms with van der Waals surface area (Å²) in [4.78, 5) is 13.8. The van der Waals surface area contributed by atoms with Crippen LogP contribution in [0, 0.1) is 5.92 Å². The lowest BCUT2D eigenvalue weighted by Gasteiger charge is -2.34. The number of likely N-dealkylation sites (tertiary alicyclic amines) is 1. The predicted molar refractivity (Wildman–Crippen MR) is 108 cm³/mol. The average Bonchev–Trinajstić information content (AvgIpc) is 3.13. The minimum absolute atomic E-state index is 0.273. The Morgan fingerprint density at radius 2 is 2.00 bits per heavy atom. The quantitative estimate of drug-likeness (QED) is 0.537. The number of aliphatic imine (C=N–C) groups is 1. The van der Waals surface area contributed by atoms with Crippen molar-refractivity contribution in [3.05, 3.63) is 51.5 Å². The fourth-order valence-electron chi connectivity index (χ4n) is 3.68. The van der Waals surface area contributed by atoms with Gasteiger partial charge in [0.25, 0.3) is 0 Å². The smallest absolute Gasteiger partial charge is 0.141 e.